The fourth-order valence-electron chi connectivity index (χ4n) is 1.90. The van der Waals surface area contributed by atoms with Crippen LogP contribution in [-0.4, -0.2) is 45.6 Å². The molecule has 2 rings (SSSR count). The summed E-state index contributed by atoms with van der Waals surface area (Å²) in [6.45, 7) is 5.24. The van der Waals surface area contributed by atoms with Crippen molar-refractivity contribution < 1.29 is 9.47 Å². The van der Waals surface area contributed by atoms with Crippen molar-refractivity contribution in [2.75, 3.05) is 23.8 Å². The molecule has 0 amide bonds. The third-order valence-corrected chi connectivity index (χ3v) is 3.05. The molecule has 122 valence electrons. The van der Waals surface area contributed by atoms with Gasteiger partial charge >= 0.3 is 27.3 Å². The molecular weight excluding hydrogens is 503 g/mol. The van der Waals surface area contributed by atoms with Crippen molar-refractivity contribution in [1.82, 2.24) is 0 Å². The SMILES string of the molecule is CCOc1ccc(NC(=S)Nc2ccc(OCC)cc2)cc1.[PbH2]. The Morgan fingerprint density at radius 2 is 1.13 bits per heavy atom. The van der Waals surface area contributed by atoms with Crippen molar-refractivity contribution in [2.24, 2.45) is 0 Å². The van der Waals surface area contributed by atoms with Gasteiger partial charge in [-0.1, -0.05) is 0 Å². The van der Waals surface area contributed by atoms with E-state index in [1.54, 1.807) is 0 Å². The van der Waals surface area contributed by atoms with Crippen LogP contribution in [0.1, 0.15) is 13.8 Å². The summed E-state index contributed by atoms with van der Waals surface area (Å²) in [5, 5.41) is 6.80. The first-order valence-corrected chi connectivity index (χ1v) is 7.65. The second-order valence-corrected chi connectivity index (χ2v) is 4.90. The van der Waals surface area contributed by atoms with E-state index in [0.717, 1.165) is 22.9 Å². The van der Waals surface area contributed by atoms with Gasteiger partial charge < -0.3 is 20.1 Å². The number of hydrogen-bond acceptors (Lipinski definition) is 3. The number of nitrogens with one attached hydrogen (secondary N) is 2. The van der Waals surface area contributed by atoms with Crippen LogP contribution in [0.5, 0.6) is 11.5 Å². The van der Waals surface area contributed by atoms with Gasteiger partial charge in [0, 0.05) is 11.4 Å². The first kappa shape index (κ1) is 19.7. The molecule has 2 N–H and O–H groups in total. The molecule has 2 aromatic carbocycles. The van der Waals surface area contributed by atoms with Crippen molar-refractivity contribution >= 4 is 56.0 Å². The van der Waals surface area contributed by atoms with E-state index in [0.29, 0.717) is 18.3 Å². The first-order chi connectivity index (χ1) is 10.7. The molecule has 0 aliphatic heterocycles. The van der Waals surface area contributed by atoms with Gasteiger partial charge in [0.2, 0.25) is 0 Å². The number of ether oxygens (including phenoxy) is 2. The Kier molecular flexibility index (Phi) is 8.93. The Bertz CT molecular complexity index is 549. The molecule has 23 heavy (non-hydrogen) atoms. The van der Waals surface area contributed by atoms with Gasteiger partial charge in [0.15, 0.2) is 5.11 Å². The van der Waals surface area contributed by atoms with Gasteiger partial charge in [-0.15, -0.1) is 0 Å². The van der Waals surface area contributed by atoms with E-state index >= 15 is 0 Å². The van der Waals surface area contributed by atoms with E-state index in [9.17, 15) is 0 Å². The summed E-state index contributed by atoms with van der Waals surface area (Å²) in [7, 11) is 0. The Morgan fingerprint density at radius 3 is 1.43 bits per heavy atom. The molecule has 0 aromatic heterocycles. The fourth-order valence-corrected chi connectivity index (χ4v) is 2.13. The number of anilines is 2. The molecular formula is C17H22N2O2PbS. The minimum atomic E-state index is 0. The molecule has 4 nitrogen and oxygen atoms in total. The summed E-state index contributed by atoms with van der Waals surface area (Å²) in [5.41, 5.74) is 1.82. The molecule has 0 fully saturated rings. The van der Waals surface area contributed by atoms with Crippen LogP contribution in [0.25, 0.3) is 0 Å². The molecule has 0 heterocycles. The molecule has 0 saturated carbocycles. The third kappa shape index (κ3) is 6.74. The summed E-state index contributed by atoms with van der Waals surface area (Å²) < 4.78 is 10.8. The van der Waals surface area contributed by atoms with Crippen LogP contribution in [-0.2, 0) is 0 Å². The normalized spacial score (nSPS) is 9.48. The van der Waals surface area contributed by atoms with Crippen LogP contribution >= 0.6 is 12.2 Å². The molecule has 0 aliphatic rings. The zero-order valence-corrected chi connectivity index (χ0v) is 19.8. The standard InChI is InChI=1S/C17H20N2O2S.Pb.2H/c1-3-20-15-9-5-13(6-10-15)18-17(22)19-14-7-11-16(12-8-14)21-4-2;;;/h5-12H,3-4H2,1-2H3,(H2,18,19,22);;;. The van der Waals surface area contributed by atoms with Gasteiger partial charge in [-0.3, -0.25) is 0 Å². The van der Waals surface area contributed by atoms with E-state index in [4.69, 9.17) is 21.7 Å². The zero-order chi connectivity index (χ0) is 15.8. The molecule has 6 heteroatoms. The van der Waals surface area contributed by atoms with E-state index in [2.05, 4.69) is 10.6 Å². The van der Waals surface area contributed by atoms with E-state index in [1.807, 2.05) is 62.4 Å². The summed E-state index contributed by atoms with van der Waals surface area (Å²) >= 11 is 5.30. The number of rotatable bonds is 6. The van der Waals surface area contributed by atoms with Gasteiger partial charge in [-0.05, 0) is 74.6 Å². The predicted molar refractivity (Wildman–Crippen MR) is 104 cm³/mol. The van der Waals surface area contributed by atoms with Crippen molar-refractivity contribution in [2.45, 2.75) is 13.8 Å². The molecule has 0 atom stereocenters. The molecule has 2 radical (unpaired) electrons. The summed E-state index contributed by atoms with van der Waals surface area (Å²) in [5.74, 6) is 1.69. The summed E-state index contributed by atoms with van der Waals surface area (Å²) in [4.78, 5) is 0. The average molecular weight is 526 g/mol. The van der Waals surface area contributed by atoms with Crippen LogP contribution in [0, 0.1) is 0 Å². The van der Waals surface area contributed by atoms with E-state index in [-0.39, 0.29) is 27.3 Å². The number of thiocarbonyl (C=S) groups is 1. The molecule has 0 bridgehead atoms. The Labute approximate surface area is 162 Å². The Balaban J connectivity index is 0.00000264. The maximum absolute atomic E-state index is 5.40. The van der Waals surface area contributed by atoms with Crippen LogP contribution in [0.4, 0.5) is 11.4 Å². The molecule has 0 saturated heterocycles. The summed E-state index contributed by atoms with van der Waals surface area (Å²) in [6.07, 6.45) is 0. The number of benzene rings is 2. The summed E-state index contributed by atoms with van der Waals surface area (Å²) in [6, 6.07) is 15.3. The second-order valence-electron chi connectivity index (χ2n) is 4.49. The van der Waals surface area contributed by atoms with Gasteiger partial charge in [0.1, 0.15) is 11.5 Å². The molecule has 0 unspecified atom stereocenters. The third-order valence-electron chi connectivity index (χ3n) is 2.85. The predicted octanol–water partition coefficient (Wildman–Crippen LogP) is 3.38. The molecule has 0 spiro atoms. The van der Waals surface area contributed by atoms with E-state index in [1.165, 1.54) is 0 Å². The molecule has 2 aromatic rings. The van der Waals surface area contributed by atoms with Gasteiger partial charge in [-0.25, -0.2) is 0 Å². The van der Waals surface area contributed by atoms with Gasteiger partial charge in [0.25, 0.3) is 0 Å². The fraction of sp³-hybridized carbons (Fsp3) is 0.235. The van der Waals surface area contributed by atoms with Crippen LogP contribution in [0.15, 0.2) is 48.5 Å². The monoisotopic (exact) mass is 526 g/mol. The van der Waals surface area contributed by atoms with Crippen LogP contribution in [0.2, 0.25) is 0 Å². The van der Waals surface area contributed by atoms with E-state index < -0.39 is 0 Å². The quantitative estimate of drug-likeness (QED) is 0.447. The first-order valence-electron chi connectivity index (χ1n) is 7.25. The Hall–Kier alpha value is -1.35. The van der Waals surface area contributed by atoms with Gasteiger partial charge in [0.05, 0.1) is 13.2 Å². The van der Waals surface area contributed by atoms with Crippen molar-refractivity contribution in [3.63, 3.8) is 0 Å². The second kappa shape index (κ2) is 10.4. The van der Waals surface area contributed by atoms with Crippen LogP contribution in [0.3, 0.4) is 0 Å². The zero-order valence-electron chi connectivity index (χ0n) is 13.5. The Morgan fingerprint density at radius 1 is 0.783 bits per heavy atom. The average Bonchev–Trinajstić information content (AvgIpc) is 2.52. The maximum atomic E-state index is 5.40. The van der Waals surface area contributed by atoms with Crippen molar-refractivity contribution in [3.8, 4) is 11.5 Å². The molecule has 0 aliphatic carbocycles. The minimum absolute atomic E-state index is 0. The number of hydrogen-bond donors (Lipinski definition) is 2. The van der Waals surface area contributed by atoms with Crippen molar-refractivity contribution in [1.29, 1.82) is 0 Å². The topological polar surface area (TPSA) is 42.5 Å². The van der Waals surface area contributed by atoms with Crippen LogP contribution < -0.4 is 20.1 Å². The van der Waals surface area contributed by atoms with Crippen molar-refractivity contribution in [3.05, 3.63) is 48.5 Å². The van der Waals surface area contributed by atoms with Gasteiger partial charge in [-0.2, -0.15) is 0 Å².